The van der Waals surface area contributed by atoms with Crippen molar-refractivity contribution in [1.29, 1.82) is 0 Å². The molecule has 0 radical (unpaired) electrons. The van der Waals surface area contributed by atoms with E-state index in [1.165, 1.54) is 22.7 Å². The smallest absolute Gasteiger partial charge is 0.339 e. The van der Waals surface area contributed by atoms with E-state index in [0.717, 1.165) is 36.3 Å². The van der Waals surface area contributed by atoms with Gasteiger partial charge in [0.05, 0.1) is 11.3 Å². The number of rotatable bonds is 4. The monoisotopic (exact) mass is 386 g/mol. The molecule has 26 heavy (non-hydrogen) atoms. The molecule has 0 spiro atoms. The van der Waals surface area contributed by atoms with Crippen molar-refractivity contribution < 1.29 is 9.53 Å². The average molecular weight is 386 g/mol. The zero-order valence-corrected chi connectivity index (χ0v) is 16.0. The van der Waals surface area contributed by atoms with E-state index in [1.807, 2.05) is 24.5 Å². The van der Waals surface area contributed by atoms with Crippen molar-refractivity contribution in [2.75, 3.05) is 6.26 Å². The SMILES string of the molecule is CSc1ccccc1C(=O)OCc1cc(=O)n2c3c(sc2n1)CCCC3. The second-order valence-electron chi connectivity index (χ2n) is 6.16. The van der Waals surface area contributed by atoms with Crippen molar-refractivity contribution in [3.05, 3.63) is 62.5 Å². The number of hydrogen-bond acceptors (Lipinski definition) is 6. The molecular weight excluding hydrogens is 368 g/mol. The van der Waals surface area contributed by atoms with Crippen LogP contribution in [0.25, 0.3) is 4.96 Å². The zero-order chi connectivity index (χ0) is 18.1. The predicted octanol–water partition coefficient (Wildman–Crippen LogP) is 3.71. The number of thiazole rings is 1. The lowest BCUT2D eigenvalue weighted by molar-refractivity contribution is 0.0463. The Labute approximate surface area is 159 Å². The molecule has 2 heterocycles. The third kappa shape index (κ3) is 3.17. The van der Waals surface area contributed by atoms with Crippen molar-refractivity contribution in [3.63, 3.8) is 0 Å². The molecule has 0 amide bonds. The molecule has 1 aliphatic carbocycles. The number of benzene rings is 1. The number of carbonyl (C=O) groups is 1. The number of carbonyl (C=O) groups excluding carboxylic acids is 1. The maximum atomic E-state index is 12.5. The summed E-state index contributed by atoms with van der Waals surface area (Å²) in [6, 6.07) is 8.80. The molecule has 0 unspecified atom stereocenters. The van der Waals surface area contributed by atoms with Gasteiger partial charge in [0.2, 0.25) is 0 Å². The lowest BCUT2D eigenvalue weighted by atomic mass is 10.0. The van der Waals surface area contributed by atoms with E-state index in [1.54, 1.807) is 21.8 Å². The Hall–Kier alpha value is -2.12. The standard InChI is InChI=1S/C19H18N2O3S2/c1-25-15-8-4-2-6-13(15)18(23)24-11-12-10-17(22)21-14-7-3-5-9-16(14)26-19(21)20-12/h2,4,6,8,10H,3,5,7,9,11H2,1H3. The molecular formula is C19H18N2O3S2. The van der Waals surface area contributed by atoms with Gasteiger partial charge in [-0.25, -0.2) is 9.78 Å². The highest BCUT2D eigenvalue weighted by atomic mass is 32.2. The van der Waals surface area contributed by atoms with Crippen LogP contribution in [0, 0.1) is 0 Å². The van der Waals surface area contributed by atoms with E-state index in [9.17, 15) is 9.59 Å². The fourth-order valence-electron chi connectivity index (χ4n) is 3.25. The fraction of sp³-hybridized carbons (Fsp3) is 0.316. The number of nitrogens with zero attached hydrogens (tertiary/aromatic N) is 2. The molecule has 3 aromatic rings. The first-order valence-corrected chi connectivity index (χ1v) is 10.5. The molecule has 4 rings (SSSR count). The Morgan fingerprint density at radius 2 is 2.12 bits per heavy atom. The molecule has 5 nitrogen and oxygen atoms in total. The number of hydrogen-bond donors (Lipinski definition) is 0. The molecule has 0 saturated carbocycles. The lowest BCUT2D eigenvalue weighted by Gasteiger charge is -2.10. The Kier molecular flexibility index (Phi) is 4.82. The predicted molar refractivity (Wildman–Crippen MR) is 103 cm³/mol. The minimum Gasteiger partial charge on any atom is -0.456 e. The summed E-state index contributed by atoms with van der Waals surface area (Å²) in [7, 11) is 0. The quantitative estimate of drug-likeness (QED) is 0.505. The lowest BCUT2D eigenvalue weighted by Crippen LogP contribution is -2.18. The molecule has 1 aliphatic rings. The van der Waals surface area contributed by atoms with Gasteiger partial charge in [0, 0.05) is 21.5 Å². The topological polar surface area (TPSA) is 60.7 Å². The number of aryl methyl sites for hydroxylation is 2. The number of thioether (sulfide) groups is 1. The highest BCUT2D eigenvalue weighted by Crippen LogP contribution is 2.28. The summed E-state index contributed by atoms with van der Waals surface area (Å²) in [5.74, 6) is -0.401. The van der Waals surface area contributed by atoms with Crippen LogP contribution in [0.15, 0.2) is 40.0 Å². The molecule has 0 fully saturated rings. The largest absolute Gasteiger partial charge is 0.456 e. The van der Waals surface area contributed by atoms with Crippen LogP contribution in [0.5, 0.6) is 0 Å². The van der Waals surface area contributed by atoms with Gasteiger partial charge in [-0.05, 0) is 44.1 Å². The number of esters is 1. The first-order valence-electron chi connectivity index (χ1n) is 8.51. The van der Waals surface area contributed by atoms with Crippen molar-refractivity contribution in [2.24, 2.45) is 0 Å². The molecule has 1 aromatic carbocycles. The van der Waals surface area contributed by atoms with Crippen LogP contribution in [0.4, 0.5) is 0 Å². The molecule has 2 aromatic heterocycles. The van der Waals surface area contributed by atoms with Gasteiger partial charge in [-0.3, -0.25) is 9.20 Å². The van der Waals surface area contributed by atoms with E-state index in [0.29, 0.717) is 16.2 Å². The Bertz CT molecular complexity index is 1040. The zero-order valence-electron chi connectivity index (χ0n) is 14.4. The minimum absolute atomic E-state index is 0.00411. The van der Waals surface area contributed by atoms with Crippen molar-refractivity contribution in [3.8, 4) is 0 Å². The van der Waals surface area contributed by atoms with Crippen molar-refractivity contribution in [2.45, 2.75) is 37.2 Å². The summed E-state index contributed by atoms with van der Waals surface area (Å²) in [5, 5.41) is 0. The van der Waals surface area contributed by atoms with Crippen LogP contribution in [0.1, 0.15) is 39.5 Å². The molecule has 0 N–H and O–H groups in total. The molecule has 0 bridgehead atoms. The maximum Gasteiger partial charge on any atom is 0.339 e. The first kappa shape index (κ1) is 17.3. The first-order chi connectivity index (χ1) is 12.7. The molecule has 7 heteroatoms. The molecule has 0 atom stereocenters. The summed E-state index contributed by atoms with van der Waals surface area (Å²) >= 11 is 3.07. The third-order valence-corrected chi connectivity index (χ3v) is 6.43. The van der Waals surface area contributed by atoms with Crippen LogP contribution in [0.2, 0.25) is 0 Å². The van der Waals surface area contributed by atoms with E-state index >= 15 is 0 Å². The normalized spacial score (nSPS) is 13.6. The Morgan fingerprint density at radius 1 is 1.31 bits per heavy atom. The van der Waals surface area contributed by atoms with Crippen molar-refractivity contribution in [1.82, 2.24) is 9.38 Å². The second-order valence-corrected chi connectivity index (χ2v) is 8.07. The van der Waals surface area contributed by atoms with Gasteiger partial charge in [-0.1, -0.05) is 12.1 Å². The Balaban J connectivity index is 1.58. The fourth-order valence-corrected chi connectivity index (χ4v) is 5.06. The second kappa shape index (κ2) is 7.25. The van der Waals surface area contributed by atoms with Crippen LogP contribution >= 0.6 is 23.1 Å². The number of fused-ring (bicyclic) bond motifs is 3. The van der Waals surface area contributed by atoms with Crippen LogP contribution in [-0.2, 0) is 24.2 Å². The van der Waals surface area contributed by atoms with Crippen LogP contribution in [-0.4, -0.2) is 21.6 Å². The summed E-state index contributed by atoms with van der Waals surface area (Å²) in [4.78, 5) is 32.3. The van der Waals surface area contributed by atoms with E-state index in [4.69, 9.17) is 4.74 Å². The van der Waals surface area contributed by atoms with E-state index in [-0.39, 0.29) is 12.2 Å². The summed E-state index contributed by atoms with van der Waals surface area (Å²) in [6.07, 6.45) is 6.13. The number of ether oxygens (including phenoxy) is 1. The van der Waals surface area contributed by atoms with E-state index in [2.05, 4.69) is 4.98 Å². The van der Waals surface area contributed by atoms with Crippen LogP contribution < -0.4 is 5.56 Å². The average Bonchev–Trinajstić information content (AvgIpc) is 3.05. The van der Waals surface area contributed by atoms with Gasteiger partial charge >= 0.3 is 5.97 Å². The molecule has 0 saturated heterocycles. The van der Waals surface area contributed by atoms with Gasteiger partial charge in [0.25, 0.3) is 5.56 Å². The van der Waals surface area contributed by atoms with Gasteiger partial charge in [-0.2, -0.15) is 0 Å². The summed E-state index contributed by atoms with van der Waals surface area (Å²) in [6.45, 7) is -0.00411. The number of aromatic nitrogens is 2. The maximum absolute atomic E-state index is 12.5. The minimum atomic E-state index is -0.401. The van der Waals surface area contributed by atoms with E-state index < -0.39 is 5.97 Å². The molecule has 0 aliphatic heterocycles. The molecule has 134 valence electrons. The summed E-state index contributed by atoms with van der Waals surface area (Å²) < 4.78 is 7.12. The Morgan fingerprint density at radius 3 is 2.96 bits per heavy atom. The van der Waals surface area contributed by atoms with Gasteiger partial charge in [0.1, 0.15) is 6.61 Å². The van der Waals surface area contributed by atoms with Gasteiger partial charge in [0.15, 0.2) is 4.96 Å². The highest BCUT2D eigenvalue weighted by Gasteiger charge is 2.19. The summed E-state index contributed by atoms with van der Waals surface area (Å²) in [5.41, 5.74) is 2.03. The van der Waals surface area contributed by atoms with Gasteiger partial charge < -0.3 is 4.74 Å². The third-order valence-electron chi connectivity index (χ3n) is 4.49. The highest BCUT2D eigenvalue weighted by molar-refractivity contribution is 7.98. The van der Waals surface area contributed by atoms with Crippen molar-refractivity contribution >= 4 is 34.0 Å². The van der Waals surface area contributed by atoms with Gasteiger partial charge in [-0.15, -0.1) is 23.1 Å². The van der Waals surface area contributed by atoms with Crippen LogP contribution in [0.3, 0.4) is 0 Å².